The Labute approximate surface area is 185 Å². The number of para-hydroxylation sites is 2. The van der Waals surface area contributed by atoms with Crippen LogP contribution < -0.4 is 10.2 Å². The molecule has 160 valence electrons. The zero-order valence-corrected chi connectivity index (χ0v) is 17.5. The van der Waals surface area contributed by atoms with Gasteiger partial charge in [-0.25, -0.2) is 4.98 Å². The van der Waals surface area contributed by atoms with E-state index in [0.717, 1.165) is 28.7 Å². The van der Waals surface area contributed by atoms with Crippen molar-refractivity contribution in [2.75, 3.05) is 11.4 Å². The Bertz CT molecular complexity index is 1250. The second-order valence-corrected chi connectivity index (χ2v) is 7.82. The topological polar surface area (TPSA) is 80.1 Å². The van der Waals surface area contributed by atoms with Crippen molar-refractivity contribution in [2.45, 2.75) is 25.4 Å². The third-order valence-electron chi connectivity index (χ3n) is 5.69. The fourth-order valence-corrected chi connectivity index (χ4v) is 4.14. The standard InChI is InChI=1S/C25H23N5O2/c31-23(27-15-13-18-8-2-1-3-9-18)16-22-24(32)29(17-19-10-6-7-14-26-19)25-28-20-11-4-5-12-21(20)30(22)25/h1-12,14,22H,13,15-17H2,(H,27,31)/t22-/m1/s1. The second-order valence-electron chi connectivity index (χ2n) is 7.82. The molecule has 1 aliphatic rings. The number of benzene rings is 2. The monoisotopic (exact) mass is 425 g/mol. The number of carbonyl (C=O) groups is 2. The Morgan fingerprint density at radius 2 is 1.75 bits per heavy atom. The number of carbonyl (C=O) groups excluding carboxylic acids is 2. The molecule has 7 nitrogen and oxygen atoms in total. The molecule has 1 N–H and O–H groups in total. The number of aromatic nitrogens is 3. The zero-order valence-electron chi connectivity index (χ0n) is 17.5. The normalized spacial score (nSPS) is 15.2. The van der Waals surface area contributed by atoms with E-state index in [-0.39, 0.29) is 18.2 Å². The van der Waals surface area contributed by atoms with Crippen LogP contribution in [0.15, 0.2) is 79.0 Å². The number of pyridine rings is 1. The predicted octanol–water partition coefficient (Wildman–Crippen LogP) is 3.27. The van der Waals surface area contributed by atoms with Crippen LogP contribution in [0.2, 0.25) is 0 Å². The number of amides is 2. The van der Waals surface area contributed by atoms with Crippen molar-refractivity contribution in [3.05, 3.63) is 90.3 Å². The molecule has 0 fully saturated rings. The van der Waals surface area contributed by atoms with Crippen molar-refractivity contribution in [3.8, 4) is 0 Å². The van der Waals surface area contributed by atoms with Crippen LogP contribution in [0.25, 0.3) is 11.0 Å². The van der Waals surface area contributed by atoms with E-state index in [0.29, 0.717) is 19.0 Å². The number of hydrogen-bond donors (Lipinski definition) is 1. The molecule has 32 heavy (non-hydrogen) atoms. The van der Waals surface area contributed by atoms with E-state index in [1.165, 1.54) is 0 Å². The number of rotatable bonds is 7. The average Bonchev–Trinajstić information content (AvgIpc) is 3.31. The van der Waals surface area contributed by atoms with Gasteiger partial charge in [0.25, 0.3) is 5.91 Å². The number of nitrogens with zero attached hydrogens (tertiary/aromatic N) is 4. The van der Waals surface area contributed by atoms with Crippen molar-refractivity contribution in [1.82, 2.24) is 19.9 Å². The highest BCUT2D eigenvalue weighted by molar-refractivity contribution is 6.03. The molecular formula is C25H23N5O2. The third kappa shape index (κ3) is 3.85. The molecular weight excluding hydrogens is 402 g/mol. The SMILES string of the molecule is O=C(C[C@@H]1C(=O)N(Cc2ccccn2)c2nc3ccccc3n21)NCCc1ccccc1. The molecule has 1 aliphatic heterocycles. The van der Waals surface area contributed by atoms with E-state index >= 15 is 0 Å². The van der Waals surface area contributed by atoms with Gasteiger partial charge >= 0.3 is 0 Å². The molecule has 0 spiro atoms. The molecule has 5 rings (SSSR count). The van der Waals surface area contributed by atoms with Crippen LogP contribution in [0, 0.1) is 0 Å². The molecule has 0 bridgehead atoms. The van der Waals surface area contributed by atoms with Crippen LogP contribution in [-0.2, 0) is 22.6 Å². The zero-order chi connectivity index (χ0) is 21.9. The molecule has 2 aromatic heterocycles. The molecule has 4 aromatic rings. The van der Waals surface area contributed by atoms with E-state index in [4.69, 9.17) is 0 Å². The highest BCUT2D eigenvalue weighted by Gasteiger charge is 2.40. The fraction of sp³-hybridized carbons (Fsp3) is 0.200. The van der Waals surface area contributed by atoms with E-state index in [1.54, 1.807) is 11.1 Å². The molecule has 0 saturated carbocycles. The van der Waals surface area contributed by atoms with Crippen molar-refractivity contribution in [3.63, 3.8) is 0 Å². The van der Waals surface area contributed by atoms with Gasteiger partial charge in [-0.3, -0.25) is 24.0 Å². The summed E-state index contributed by atoms with van der Waals surface area (Å²) in [5, 5.41) is 2.96. The first-order valence-corrected chi connectivity index (χ1v) is 10.7. The third-order valence-corrected chi connectivity index (χ3v) is 5.69. The van der Waals surface area contributed by atoms with Crippen molar-refractivity contribution in [2.24, 2.45) is 0 Å². The molecule has 0 unspecified atom stereocenters. The van der Waals surface area contributed by atoms with Crippen LogP contribution >= 0.6 is 0 Å². The van der Waals surface area contributed by atoms with Gasteiger partial charge in [-0.15, -0.1) is 0 Å². The smallest absolute Gasteiger partial charge is 0.253 e. The van der Waals surface area contributed by atoms with Crippen LogP contribution in [0.5, 0.6) is 0 Å². The van der Waals surface area contributed by atoms with Gasteiger partial charge in [0.2, 0.25) is 11.9 Å². The molecule has 2 amide bonds. The maximum atomic E-state index is 13.4. The van der Waals surface area contributed by atoms with Crippen molar-refractivity contribution in [1.29, 1.82) is 0 Å². The molecule has 3 heterocycles. The van der Waals surface area contributed by atoms with Gasteiger partial charge in [0.15, 0.2) is 0 Å². The van der Waals surface area contributed by atoms with Gasteiger partial charge in [0.1, 0.15) is 6.04 Å². The molecule has 0 aliphatic carbocycles. The van der Waals surface area contributed by atoms with E-state index < -0.39 is 6.04 Å². The first-order valence-electron chi connectivity index (χ1n) is 10.7. The molecule has 2 aromatic carbocycles. The fourth-order valence-electron chi connectivity index (χ4n) is 4.14. The number of hydrogen-bond acceptors (Lipinski definition) is 4. The van der Waals surface area contributed by atoms with Gasteiger partial charge in [0.05, 0.1) is 29.7 Å². The Hall–Kier alpha value is -4.00. The number of nitrogens with one attached hydrogen (secondary N) is 1. The number of anilines is 1. The lowest BCUT2D eigenvalue weighted by Crippen LogP contribution is -2.33. The first kappa shape index (κ1) is 19.9. The van der Waals surface area contributed by atoms with Gasteiger partial charge in [-0.05, 0) is 36.2 Å². The minimum Gasteiger partial charge on any atom is -0.356 e. The van der Waals surface area contributed by atoms with E-state index in [9.17, 15) is 9.59 Å². The van der Waals surface area contributed by atoms with Gasteiger partial charge in [-0.1, -0.05) is 48.5 Å². The maximum absolute atomic E-state index is 13.4. The lowest BCUT2D eigenvalue weighted by Gasteiger charge is -2.15. The highest BCUT2D eigenvalue weighted by atomic mass is 16.2. The molecule has 7 heteroatoms. The summed E-state index contributed by atoms with van der Waals surface area (Å²) >= 11 is 0. The number of imidazole rings is 1. The van der Waals surface area contributed by atoms with Gasteiger partial charge in [-0.2, -0.15) is 0 Å². The van der Waals surface area contributed by atoms with Crippen molar-refractivity contribution < 1.29 is 9.59 Å². The Kier molecular flexibility index (Phi) is 5.37. The second kappa shape index (κ2) is 8.63. The maximum Gasteiger partial charge on any atom is 0.253 e. The van der Waals surface area contributed by atoms with Crippen LogP contribution in [-0.4, -0.2) is 32.9 Å². The lowest BCUT2D eigenvalue weighted by atomic mass is 10.1. The lowest BCUT2D eigenvalue weighted by molar-refractivity contribution is -0.127. The first-order chi connectivity index (χ1) is 15.7. The quantitative estimate of drug-likeness (QED) is 0.493. The van der Waals surface area contributed by atoms with Crippen LogP contribution in [0.4, 0.5) is 5.95 Å². The van der Waals surface area contributed by atoms with E-state index in [1.807, 2.05) is 77.4 Å². The summed E-state index contributed by atoms with van der Waals surface area (Å²) in [6, 6.07) is 22.7. The molecule has 0 saturated heterocycles. The van der Waals surface area contributed by atoms with E-state index in [2.05, 4.69) is 15.3 Å². The van der Waals surface area contributed by atoms with Crippen LogP contribution in [0.1, 0.15) is 23.7 Å². The predicted molar refractivity (Wildman–Crippen MR) is 122 cm³/mol. The van der Waals surface area contributed by atoms with Crippen LogP contribution in [0.3, 0.4) is 0 Å². The molecule has 0 radical (unpaired) electrons. The molecule has 1 atom stereocenters. The Morgan fingerprint density at radius 1 is 0.969 bits per heavy atom. The Morgan fingerprint density at radius 3 is 2.56 bits per heavy atom. The summed E-state index contributed by atoms with van der Waals surface area (Å²) in [6.07, 6.45) is 2.52. The number of fused-ring (bicyclic) bond motifs is 3. The summed E-state index contributed by atoms with van der Waals surface area (Å²) in [6.45, 7) is 0.841. The summed E-state index contributed by atoms with van der Waals surface area (Å²) < 4.78 is 1.89. The van der Waals surface area contributed by atoms with Gasteiger partial charge in [0, 0.05) is 12.7 Å². The van der Waals surface area contributed by atoms with Crippen molar-refractivity contribution >= 4 is 28.8 Å². The summed E-state index contributed by atoms with van der Waals surface area (Å²) in [4.78, 5) is 36.8. The minimum absolute atomic E-state index is 0.0691. The summed E-state index contributed by atoms with van der Waals surface area (Å²) in [7, 11) is 0. The highest BCUT2D eigenvalue weighted by Crippen LogP contribution is 2.37. The summed E-state index contributed by atoms with van der Waals surface area (Å²) in [5.74, 6) is 0.272. The Balaban J connectivity index is 1.36. The average molecular weight is 425 g/mol. The largest absolute Gasteiger partial charge is 0.356 e. The minimum atomic E-state index is -0.627. The van der Waals surface area contributed by atoms with Gasteiger partial charge < -0.3 is 5.32 Å². The summed E-state index contributed by atoms with van der Waals surface area (Å²) in [5.41, 5.74) is 3.58.